The maximum Gasteiger partial charge on any atom is 0.331 e. The SMILES string of the molecule is O=C(O)C[C@H](NC(=O)[C@H](CC(=O)O)NC(=O)[C@H](CC(=O)O)NC(=O)[C@H](CC(=O)O)NC(=O)[C@H](CC(=O)O)NC(=O)[C@H](CC(=O)O)NC(=O)CCC(=O)OCn1cc(F)c(=O)[nH]c1=O)C(=O)O. The topological polar surface area (TPSA) is 517 Å². The van der Waals surface area contributed by atoms with Crippen molar-refractivity contribution in [3.8, 4) is 0 Å². The Labute approximate surface area is 363 Å². The van der Waals surface area contributed by atoms with Gasteiger partial charge < -0.3 is 72.4 Å². The summed E-state index contributed by atoms with van der Waals surface area (Å²) in [5, 5.41) is 75.2. The first-order valence-corrected chi connectivity index (χ1v) is 18.1. The van der Waals surface area contributed by atoms with Gasteiger partial charge in [0.25, 0.3) is 5.56 Å². The van der Waals surface area contributed by atoms with Crippen molar-refractivity contribution in [2.75, 3.05) is 0 Å². The Morgan fingerprint density at radius 1 is 0.500 bits per heavy atom. The smallest absolute Gasteiger partial charge is 0.331 e. The van der Waals surface area contributed by atoms with Crippen molar-refractivity contribution in [2.45, 2.75) is 94.3 Å². The summed E-state index contributed by atoms with van der Waals surface area (Å²) in [5.41, 5.74) is -2.55. The van der Waals surface area contributed by atoms with E-state index in [0.29, 0.717) is 10.8 Å². The molecule has 6 atom stereocenters. The number of aliphatic carboxylic acids is 7. The lowest BCUT2D eigenvalue weighted by molar-refractivity contribution is -0.149. The van der Waals surface area contributed by atoms with E-state index in [2.05, 4.69) is 4.74 Å². The molecule has 0 saturated heterocycles. The number of esters is 1. The van der Waals surface area contributed by atoms with Gasteiger partial charge in [-0.2, -0.15) is 4.39 Å². The zero-order chi connectivity index (χ0) is 50.6. The highest BCUT2D eigenvalue weighted by Gasteiger charge is 2.36. The fourth-order valence-corrected chi connectivity index (χ4v) is 4.93. The molecule has 0 aliphatic rings. The molecule has 1 rings (SSSR count). The Kier molecular flexibility index (Phi) is 21.7. The summed E-state index contributed by atoms with van der Waals surface area (Å²) in [6.07, 6.45) is -9.37. The van der Waals surface area contributed by atoms with Crippen LogP contribution in [0, 0.1) is 5.82 Å². The number of hydrogen-bond acceptors (Lipinski definition) is 17. The van der Waals surface area contributed by atoms with Gasteiger partial charge in [-0.1, -0.05) is 0 Å². The molecule has 0 aliphatic heterocycles. The number of carbonyl (C=O) groups is 14. The van der Waals surface area contributed by atoms with Gasteiger partial charge in [-0.05, 0) is 0 Å². The molecule has 0 aliphatic carbocycles. The second-order valence-corrected chi connectivity index (χ2v) is 13.2. The van der Waals surface area contributed by atoms with Crippen LogP contribution in [0.5, 0.6) is 0 Å². The van der Waals surface area contributed by atoms with Crippen LogP contribution >= 0.6 is 0 Å². The van der Waals surface area contributed by atoms with Gasteiger partial charge in [0.2, 0.25) is 41.3 Å². The van der Waals surface area contributed by atoms with Crippen LogP contribution in [0.15, 0.2) is 15.8 Å². The molecule has 14 N–H and O–H groups in total. The largest absolute Gasteiger partial charge is 0.481 e. The minimum absolute atomic E-state index is 0.403. The first kappa shape index (κ1) is 55.2. The van der Waals surface area contributed by atoms with Crippen LogP contribution in [0.25, 0.3) is 0 Å². The number of carbonyl (C=O) groups excluding carboxylic acids is 7. The average molecular weight is 951 g/mol. The lowest BCUT2D eigenvalue weighted by atomic mass is 10.1. The van der Waals surface area contributed by atoms with Crippen LogP contribution in [0.4, 0.5) is 4.39 Å². The maximum absolute atomic E-state index is 13.4. The zero-order valence-corrected chi connectivity index (χ0v) is 33.3. The number of amides is 6. The Morgan fingerprint density at radius 2 is 0.803 bits per heavy atom. The summed E-state index contributed by atoms with van der Waals surface area (Å²) in [5.74, 6) is -25.1. The van der Waals surface area contributed by atoms with E-state index in [9.17, 15) is 112 Å². The fraction of sp³-hybridized carbons (Fsp3) is 0.455. The number of ether oxygens (including phenoxy) is 1. The number of nitrogens with zero attached hydrogens (tertiary/aromatic N) is 1. The van der Waals surface area contributed by atoms with Gasteiger partial charge in [-0.15, -0.1) is 0 Å². The molecule has 66 heavy (non-hydrogen) atoms. The van der Waals surface area contributed by atoms with Crippen molar-refractivity contribution in [1.82, 2.24) is 41.5 Å². The highest BCUT2D eigenvalue weighted by molar-refractivity contribution is 6.00. The summed E-state index contributed by atoms with van der Waals surface area (Å²) >= 11 is 0. The number of carboxylic acids is 7. The third-order valence-electron chi connectivity index (χ3n) is 7.96. The van der Waals surface area contributed by atoms with E-state index in [-0.39, 0.29) is 0 Å². The molecule has 1 aromatic heterocycles. The predicted octanol–water partition coefficient (Wildman–Crippen LogP) is -7.20. The molecular weight excluding hydrogens is 911 g/mol. The lowest BCUT2D eigenvalue weighted by Gasteiger charge is -2.26. The van der Waals surface area contributed by atoms with Crippen molar-refractivity contribution in [3.63, 3.8) is 0 Å². The zero-order valence-electron chi connectivity index (χ0n) is 33.3. The van der Waals surface area contributed by atoms with Gasteiger partial charge >= 0.3 is 53.4 Å². The quantitative estimate of drug-likeness (QED) is 0.0332. The van der Waals surface area contributed by atoms with Crippen molar-refractivity contribution in [2.24, 2.45) is 0 Å². The van der Waals surface area contributed by atoms with Crippen LogP contribution in [0.2, 0.25) is 0 Å². The number of nitrogens with one attached hydrogen (secondary N) is 7. The Balaban J connectivity index is 3.24. The van der Waals surface area contributed by atoms with E-state index in [1.54, 1.807) is 31.6 Å². The Morgan fingerprint density at radius 3 is 1.12 bits per heavy atom. The van der Waals surface area contributed by atoms with Gasteiger partial charge in [-0.25, -0.2) is 9.59 Å². The number of H-pyrrole nitrogens is 1. The normalized spacial score (nSPS) is 13.3. The molecule has 1 heterocycles. The van der Waals surface area contributed by atoms with Crippen molar-refractivity contribution < 1.29 is 112 Å². The molecule has 32 nitrogen and oxygen atoms in total. The molecule has 0 saturated carbocycles. The highest BCUT2D eigenvalue weighted by atomic mass is 19.1. The first-order chi connectivity index (χ1) is 30.6. The fourth-order valence-electron chi connectivity index (χ4n) is 4.93. The Bertz CT molecular complexity index is 2240. The van der Waals surface area contributed by atoms with Crippen LogP contribution in [0.3, 0.4) is 0 Å². The highest BCUT2D eigenvalue weighted by Crippen LogP contribution is 2.06. The van der Waals surface area contributed by atoms with E-state index in [1.165, 1.54) is 0 Å². The number of halogens is 1. The van der Waals surface area contributed by atoms with Gasteiger partial charge in [-0.3, -0.25) is 76.7 Å². The molecule has 0 unspecified atom stereocenters. The summed E-state index contributed by atoms with van der Waals surface area (Å²) in [6, 6.07) is -13.7. The standard InChI is InChI=1S/C33H39FN8O24/c34-11-9-42(33(65)41-26(11)57)10-66-25(56)2-1-18(43)35-12(3-19(44)45)27(58)36-13(4-20(46)47)28(59)37-14(5-21(48)49)29(60)38-15(6-22(50)51)30(61)39-16(7-23(52)53)31(62)40-17(32(63)64)8-24(54)55/h9,12-17H,1-8,10H2,(H,35,43)(H,36,58)(H,37,59)(H,38,60)(H,39,61)(H,40,62)(H,44,45)(H,46,47)(H,48,49)(H,50,51)(H,52,53)(H,54,55)(H,63,64)(H,41,57,65)/t12-,13-,14-,15-,16-,17-/m0/s1. The monoisotopic (exact) mass is 950 g/mol. The van der Waals surface area contributed by atoms with E-state index in [4.69, 9.17) is 5.11 Å². The van der Waals surface area contributed by atoms with Crippen molar-refractivity contribution >= 4 is 83.2 Å². The van der Waals surface area contributed by atoms with Crippen LogP contribution < -0.4 is 43.1 Å². The number of aromatic amines is 1. The number of hydrogen-bond donors (Lipinski definition) is 14. The molecule has 6 amide bonds. The van der Waals surface area contributed by atoms with Gasteiger partial charge in [0.05, 0.1) is 51.1 Å². The van der Waals surface area contributed by atoms with E-state index < -0.39 is 195 Å². The van der Waals surface area contributed by atoms with Crippen molar-refractivity contribution in [1.29, 1.82) is 0 Å². The summed E-state index contributed by atoms with van der Waals surface area (Å²) in [7, 11) is 0. The van der Waals surface area contributed by atoms with E-state index in [1.807, 2.05) is 5.32 Å². The minimum Gasteiger partial charge on any atom is -0.481 e. The summed E-state index contributed by atoms with van der Waals surface area (Å²) in [6.45, 7) is -0.941. The van der Waals surface area contributed by atoms with Crippen LogP contribution in [-0.4, -0.2) is 165 Å². The second kappa shape index (κ2) is 26.0. The van der Waals surface area contributed by atoms with E-state index >= 15 is 0 Å². The van der Waals surface area contributed by atoms with Crippen LogP contribution in [-0.2, 0) is 78.6 Å². The van der Waals surface area contributed by atoms with Crippen molar-refractivity contribution in [3.05, 3.63) is 32.9 Å². The molecular formula is C33H39FN8O24. The molecule has 0 bridgehead atoms. The molecule has 0 spiro atoms. The molecule has 33 heteroatoms. The minimum atomic E-state index is -2.39. The molecule has 362 valence electrons. The second-order valence-electron chi connectivity index (χ2n) is 13.2. The summed E-state index contributed by atoms with van der Waals surface area (Å²) < 4.78 is 18.5. The van der Waals surface area contributed by atoms with Crippen LogP contribution in [0.1, 0.15) is 51.4 Å². The predicted molar refractivity (Wildman–Crippen MR) is 199 cm³/mol. The molecule has 0 radical (unpaired) electrons. The lowest BCUT2D eigenvalue weighted by Crippen LogP contribution is -2.60. The van der Waals surface area contributed by atoms with Gasteiger partial charge in [0.1, 0.15) is 36.3 Å². The number of aromatic nitrogens is 2. The van der Waals surface area contributed by atoms with E-state index in [0.717, 1.165) is 0 Å². The van der Waals surface area contributed by atoms with Gasteiger partial charge in [0.15, 0.2) is 6.73 Å². The summed E-state index contributed by atoms with van der Waals surface area (Å²) in [4.78, 5) is 195. The third-order valence-corrected chi connectivity index (χ3v) is 7.96. The number of rotatable bonds is 29. The number of carboxylic acid groups (broad SMARTS) is 7. The molecule has 1 aromatic rings. The van der Waals surface area contributed by atoms with Gasteiger partial charge in [0, 0.05) is 6.42 Å². The first-order valence-electron chi connectivity index (χ1n) is 18.1. The third kappa shape index (κ3) is 20.4. The Hall–Kier alpha value is -8.81. The molecule has 0 aromatic carbocycles. The average Bonchev–Trinajstić information content (AvgIpc) is 3.18. The molecule has 0 fully saturated rings. The maximum atomic E-state index is 13.4.